The molecule has 0 aliphatic heterocycles. The summed E-state index contributed by atoms with van der Waals surface area (Å²) in [7, 11) is -3.40. The molecule has 0 spiro atoms. The Morgan fingerprint density at radius 1 is 1.21 bits per heavy atom. The summed E-state index contributed by atoms with van der Waals surface area (Å²) in [5.74, 6) is -0.635. The van der Waals surface area contributed by atoms with E-state index >= 15 is 0 Å². The topological polar surface area (TPSA) is 92.8 Å². The van der Waals surface area contributed by atoms with E-state index in [1.165, 1.54) is 6.07 Å². The molecule has 2 aliphatic rings. The van der Waals surface area contributed by atoms with Gasteiger partial charge in [-0.1, -0.05) is 0 Å². The zero-order chi connectivity index (χ0) is 21.0. The van der Waals surface area contributed by atoms with Crippen molar-refractivity contribution in [1.29, 1.82) is 0 Å². The van der Waals surface area contributed by atoms with E-state index in [-0.39, 0.29) is 16.4 Å². The largest absolute Gasteiger partial charge is 0.386 e. The fourth-order valence-electron chi connectivity index (χ4n) is 4.39. The van der Waals surface area contributed by atoms with Crippen LogP contribution in [0, 0.1) is 5.82 Å². The van der Waals surface area contributed by atoms with Crippen molar-refractivity contribution >= 4 is 27.2 Å². The predicted octanol–water partition coefficient (Wildman–Crippen LogP) is 3.56. The smallest absolute Gasteiger partial charge is 0.259 e. The second-order valence-corrected chi connectivity index (χ2v) is 11.3. The number of nitrogens with two attached hydrogens (primary N) is 1. The molecule has 1 aromatic carbocycles. The van der Waals surface area contributed by atoms with E-state index in [0.29, 0.717) is 18.4 Å². The van der Waals surface area contributed by atoms with Gasteiger partial charge in [0.1, 0.15) is 10.0 Å². The van der Waals surface area contributed by atoms with Gasteiger partial charge in [-0.25, -0.2) is 13.7 Å². The third-order valence-electron chi connectivity index (χ3n) is 5.83. The van der Waals surface area contributed by atoms with Gasteiger partial charge in [0.2, 0.25) is 0 Å². The van der Waals surface area contributed by atoms with Crippen LogP contribution in [-0.4, -0.2) is 15.2 Å². The number of hydrogen-bond acceptors (Lipinski definition) is 4. The minimum atomic E-state index is -3.40. The molecule has 156 valence electrons. The first-order valence-corrected chi connectivity index (χ1v) is 12.3. The van der Waals surface area contributed by atoms with E-state index in [1.807, 2.05) is 0 Å². The molecule has 1 unspecified atom stereocenters. The Labute approximate surface area is 174 Å². The summed E-state index contributed by atoms with van der Waals surface area (Å²) in [6.07, 6.45) is 4.71. The van der Waals surface area contributed by atoms with E-state index < -0.39 is 21.4 Å². The minimum absolute atomic E-state index is 0.00284. The molecule has 29 heavy (non-hydrogen) atoms. The lowest BCUT2D eigenvalue weighted by Gasteiger charge is -2.15. The molecule has 5 nitrogen and oxygen atoms in total. The molecule has 0 saturated heterocycles. The number of hydrogen-bond donors (Lipinski definition) is 2. The van der Waals surface area contributed by atoms with E-state index in [1.54, 1.807) is 19.2 Å². The SMILES string of the molecule is CC(C)(O)c1csc(S(N)(=O)=NC(=O)Cc2c3c(c(F)c4c2CCC4)CCC3)c1. The van der Waals surface area contributed by atoms with Crippen LogP contribution in [0.1, 0.15) is 60.1 Å². The molecule has 2 aliphatic carbocycles. The average Bonchev–Trinajstić information content (AvgIpc) is 3.37. The number of nitrogens with zero attached hydrogens (tertiary/aromatic N) is 1. The maximum atomic E-state index is 14.8. The molecule has 0 saturated carbocycles. The Balaban J connectivity index is 1.67. The Hall–Kier alpha value is -1.61. The summed E-state index contributed by atoms with van der Waals surface area (Å²) in [6, 6.07) is 1.54. The zero-order valence-electron chi connectivity index (χ0n) is 16.6. The van der Waals surface area contributed by atoms with Gasteiger partial charge in [0.15, 0.2) is 9.92 Å². The summed E-state index contributed by atoms with van der Waals surface area (Å²) >= 11 is 1.12. The molecule has 3 N–H and O–H groups in total. The second kappa shape index (κ2) is 7.27. The highest BCUT2D eigenvalue weighted by atomic mass is 32.2. The summed E-state index contributed by atoms with van der Waals surface area (Å²) in [6.45, 7) is 3.24. The fraction of sp³-hybridized carbons (Fsp3) is 0.476. The maximum absolute atomic E-state index is 14.8. The lowest BCUT2D eigenvalue weighted by atomic mass is 9.91. The van der Waals surface area contributed by atoms with Crippen LogP contribution in [0.2, 0.25) is 0 Å². The van der Waals surface area contributed by atoms with Crippen molar-refractivity contribution in [2.75, 3.05) is 0 Å². The van der Waals surface area contributed by atoms with Crippen LogP contribution in [0.4, 0.5) is 4.39 Å². The molecule has 0 radical (unpaired) electrons. The quantitative estimate of drug-likeness (QED) is 0.767. The molecule has 2 aromatic rings. The van der Waals surface area contributed by atoms with Gasteiger partial charge in [0.05, 0.1) is 12.0 Å². The van der Waals surface area contributed by atoms with Crippen molar-refractivity contribution in [3.63, 3.8) is 0 Å². The molecule has 1 amide bonds. The first kappa shape index (κ1) is 20.7. The van der Waals surface area contributed by atoms with Crippen LogP contribution in [0.15, 0.2) is 20.0 Å². The Kier molecular flexibility index (Phi) is 5.17. The highest BCUT2D eigenvalue weighted by Crippen LogP contribution is 2.38. The lowest BCUT2D eigenvalue weighted by molar-refractivity contribution is -0.117. The van der Waals surface area contributed by atoms with Crippen molar-refractivity contribution in [3.05, 3.63) is 50.6 Å². The normalized spacial score (nSPS) is 17.7. The number of amides is 1. The van der Waals surface area contributed by atoms with E-state index in [0.717, 1.165) is 64.8 Å². The van der Waals surface area contributed by atoms with Crippen LogP contribution in [0.25, 0.3) is 0 Å². The van der Waals surface area contributed by atoms with Crippen LogP contribution in [-0.2, 0) is 52.4 Å². The van der Waals surface area contributed by atoms with Crippen LogP contribution in [0.3, 0.4) is 0 Å². The molecule has 1 heterocycles. The maximum Gasteiger partial charge on any atom is 0.259 e. The molecular formula is C21H25FN2O3S2. The summed E-state index contributed by atoms with van der Waals surface area (Å²) < 4.78 is 31.8. The van der Waals surface area contributed by atoms with Gasteiger partial charge < -0.3 is 5.11 Å². The Bertz CT molecular complexity index is 1090. The first-order valence-electron chi connectivity index (χ1n) is 9.81. The molecule has 4 rings (SSSR count). The zero-order valence-corrected chi connectivity index (χ0v) is 18.2. The number of benzene rings is 1. The molecule has 8 heteroatoms. The van der Waals surface area contributed by atoms with Gasteiger partial charge in [0, 0.05) is 0 Å². The summed E-state index contributed by atoms with van der Waals surface area (Å²) in [5.41, 5.74) is 3.73. The standard InChI is InChI=1S/C21H25FN2O3S2/c1-21(2,26)12-9-19(28-11-12)29(23,27)24-18(25)10-17-13-5-3-7-15(13)20(22)16-8-4-6-14(16)17/h9,11,26H,3-8,10H2,1-2H3,(H2,23,24,25,27). The minimum Gasteiger partial charge on any atom is -0.386 e. The first-order chi connectivity index (χ1) is 13.6. The van der Waals surface area contributed by atoms with Crippen molar-refractivity contribution in [3.8, 4) is 0 Å². The number of fused-ring (bicyclic) bond motifs is 2. The Morgan fingerprint density at radius 2 is 1.76 bits per heavy atom. The van der Waals surface area contributed by atoms with Gasteiger partial charge in [0.25, 0.3) is 5.91 Å². The van der Waals surface area contributed by atoms with Gasteiger partial charge in [-0.15, -0.1) is 15.7 Å². The van der Waals surface area contributed by atoms with Gasteiger partial charge in [-0.2, -0.15) is 0 Å². The fourth-order valence-corrected chi connectivity index (χ4v) is 6.74. The van der Waals surface area contributed by atoms with Crippen molar-refractivity contribution in [2.45, 2.75) is 68.6 Å². The Morgan fingerprint density at radius 3 is 2.28 bits per heavy atom. The lowest BCUT2D eigenvalue weighted by Crippen LogP contribution is -2.17. The number of rotatable bonds is 4. The number of carbonyl (C=O) groups is 1. The third-order valence-corrected chi connectivity index (χ3v) is 8.73. The van der Waals surface area contributed by atoms with Gasteiger partial charge in [-0.05, 0) is 97.2 Å². The molecule has 1 atom stereocenters. The van der Waals surface area contributed by atoms with E-state index in [9.17, 15) is 18.5 Å². The van der Waals surface area contributed by atoms with Crippen molar-refractivity contribution < 1.29 is 18.5 Å². The van der Waals surface area contributed by atoms with Gasteiger partial charge >= 0.3 is 0 Å². The van der Waals surface area contributed by atoms with Crippen LogP contribution >= 0.6 is 11.3 Å². The monoisotopic (exact) mass is 436 g/mol. The summed E-state index contributed by atoms with van der Waals surface area (Å²) in [4.78, 5) is 12.7. The molecule has 1 aromatic heterocycles. The molecule has 0 fully saturated rings. The number of carbonyl (C=O) groups excluding carboxylic acids is 1. The number of aliphatic hydroxyl groups is 1. The van der Waals surface area contributed by atoms with Crippen molar-refractivity contribution in [1.82, 2.24) is 0 Å². The predicted molar refractivity (Wildman–Crippen MR) is 112 cm³/mol. The summed E-state index contributed by atoms with van der Waals surface area (Å²) in [5, 5.41) is 17.7. The van der Waals surface area contributed by atoms with Gasteiger partial charge in [-0.3, -0.25) is 4.79 Å². The molecule has 0 bridgehead atoms. The van der Waals surface area contributed by atoms with Crippen LogP contribution in [0.5, 0.6) is 0 Å². The van der Waals surface area contributed by atoms with E-state index in [2.05, 4.69) is 4.36 Å². The van der Waals surface area contributed by atoms with Crippen LogP contribution < -0.4 is 5.14 Å². The van der Waals surface area contributed by atoms with Crippen molar-refractivity contribution in [2.24, 2.45) is 9.50 Å². The average molecular weight is 437 g/mol. The number of thiophene rings is 1. The second-order valence-electron chi connectivity index (χ2n) is 8.36. The third kappa shape index (κ3) is 3.79. The van der Waals surface area contributed by atoms with E-state index in [4.69, 9.17) is 5.14 Å². The highest BCUT2D eigenvalue weighted by molar-refractivity contribution is 7.93. The highest BCUT2D eigenvalue weighted by Gasteiger charge is 2.30. The number of halogens is 1. The molecular weight excluding hydrogens is 411 g/mol.